The van der Waals surface area contributed by atoms with E-state index in [0.717, 1.165) is 17.0 Å². The number of anilines is 1. The average molecular weight is 692 g/mol. The normalized spacial score (nSPS) is 18.6. The highest BCUT2D eigenvalue weighted by Gasteiger charge is 2.44. The maximum atomic E-state index is 13.7. The molecular formula is C32H31F6N7O4. The zero-order chi connectivity index (χ0) is 35.2. The van der Waals surface area contributed by atoms with Gasteiger partial charge in [-0.25, -0.2) is 19.7 Å². The minimum atomic E-state index is -5.07. The highest BCUT2D eigenvalue weighted by Crippen LogP contribution is 2.42. The number of aromatic nitrogens is 5. The van der Waals surface area contributed by atoms with Gasteiger partial charge in [-0.05, 0) is 50.6 Å². The minimum absolute atomic E-state index is 0.0328. The number of rotatable bonds is 7. The van der Waals surface area contributed by atoms with Gasteiger partial charge in [-0.1, -0.05) is 0 Å². The van der Waals surface area contributed by atoms with E-state index in [1.165, 1.54) is 18.9 Å². The number of pyridine rings is 1. The molecule has 4 aromatic rings. The fourth-order valence-corrected chi connectivity index (χ4v) is 6.05. The van der Waals surface area contributed by atoms with E-state index >= 15 is 0 Å². The zero-order valence-corrected chi connectivity index (χ0v) is 26.7. The van der Waals surface area contributed by atoms with Crippen molar-refractivity contribution in [3.63, 3.8) is 0 Å². The lowest BCUT2D eigenvalue weighted by atomic mass is 9.97. The Hall–Kier alpha value is -4.93. The van der Waals surface area contributed by atoms with E-state index in [-0.39, 0.29) is 18.5 Å². The molecule has 1 N–H and O–H groups in total. The van der Waals surface area contributed by atoms with Gasteiger partial charge in [0.15, 0.2) is 0 Å². The second-order valence-electron chi connectivity index (χ2n) is 11.7. The Bertz CT molecular complexity index is 1820. The number of aryl methyl sites for hydroxylation is 2. The molecule has 49 heavy (non-hydrogen) atoms. The molecule has 3 aromatic heterocycles. The Morgan fingerprint density at radius 3 is 2.22 bits per heavy atom. The summed E-state index contributed by atoms with van der Waals surface area (Å²) in [5.74, 6) is 0.571. The first-order chi connectivity index (χ1) is 23.2. The Balaban J connectivity index is 1.42. The van der Waals surface area contributed by atoms with Gasteiger partial charge in [-0.3, -0.25) is 10.00 Å². The van der Waals surface area contributed by atoms with Gasteiger partial charge in [0, 0.05) is 53.4 Å². The largest absolute Gasteiger partial charge is 0.481 e. The lowest BCUT2D eigenvalue weighted by Crippen LogP contribution is -2.38. The number of aromatic amines is 1. The summed E-state index contributed by atoms with van der Waals surface area (Å²) in [4.78, 5) is 30.3. The Morgan fingerprint density at radius 1 is 0.959 bits per heavy atom. The lowest BCUT2D eigenvalue weighted by molar-refractivity contribution is -0.143. The molecule has 2 saturated heterocycles. The molecule has 260 valence electrons. The summed E-state index contributed by atoms with van der Waals surface area (Å²) in [5.41, 5.74) is 0.853. The molecule has 2 atom stereocenters. The van der Waals surface area contributed by atoms with Crippen LogP contribution in [0, 0.1) is 13.8 Å². The predicted octanol–water partition coefficient (Wildman–Crippen LogP) is 6.51. The Kier molecular flexibility index (Phi) is 8.89. The van der Waals surface area contributed by atoms with Gasteiger partial charge in [0.25, 0.3) is 0 Å². The molecule has 5 heterocycles. The number of amides is 1. The van der Waals surface area contributed by atoms with E-state index in [9.17, 15) is 31.1 Å². The van der Waals surface area contributed by atoms with Crippen LogP contribution in [0.5, 0.6) is 5.88 Å². The van der Waals surface area contributed by atoms with Crippen LogP contribution >= 0.6 is 0 Å². The SMILES string of the molecule is COc1ncc(-c2c(C)n[nH]c2C)cc1-c1cnc(N2CCOCC2)nc1CN1C(=O)O[C@H](c2cc(C(F)(F)F)cc(C(F)(F)F)c2)[C@@H]1C. The first kappa shape index (κ1) is 34.0. The molecule has 0 aliphatic carbocycles. The third-order valence-corrected chi connectivity index (χ3v) is 8.55. The fourth-order valence-electron chi connectivity index (χ4n) is 6.05. The van der Waals surface area contributed by atoms with E-state index in [2.05, 4.69) is 20.2 Å². The van der Waals surface area contributed by atoms with Gasteiger partial charge in [0.2, 0.25) is 11.8 Å². The fraction of sp³-hybridized carbons (Fsp3) is 0.406. The average Bonchev–Trinajstić information content (AvgIpc) is 3.55. The van der Waals surface area contributed by atoms with Crippen molar-refractivity contribution in [2.75, 3.05) is 38.3 Å². The molecule has 6 rings (SSSR count). The summed E-state index contributed by atoms with van der Waals surface area (Å²) in [7, 11) is 1.44. The molecule has 0 unspecified atom stereocenters. The highest BCUT2D eigenvalue weighted by molar-refractivity contribution is 5.79. The van der Waals surface area contributed by atoms with Crippen molar-refractivity contribution in [2.24, 2.45) is 0 Å². The molecule has 0 saturated carbocycles. The molecule has 2 aliphatic rings. The molecule has 1 amide bonds. The molecule has 2 aliphatic heterocycles. The van der Waals surface area contributed by atoms with Crippen LogP contribution in [0.1, 0.15) is 46.8 Å². The second kappa shape index (κ2) is 12.8. The van der Waals surface area contributed by atoms with E-state index in [1.807, 2.05) is 24.8 Å². The summed E-state index contributed by atoms with van der Waals surface area (Å²) >= 11 is 0. The number of cyclic esters (lactones) is 1. The van der Waals surface area contributed by atoms with Gasteiger partial charge < -0.3 is 19.1 Å². The molecule has 2 fully saturated rings. The topological polar surface area (TPSA) is 119 Å². The number of morpholine rings is 1. The van der Waals surface area contributed by atoms with Crippen LogP contribution in [0.2, 0.25) is 0 Å². The molecular weight excluding hydrogens is 660 g/mol. The highest BCUT2D eigenvalue weighted by atomic mass is 19.4. The molecule has 0 bridgehead atoms. The van der Waals surface area contributed by atoms with Crippen LogP contribution in [0.4, 0.5) is 37.1 Å². The van der Waals surface area contributed by atoms with Crippen LogP contribution in [0.15, 0.2) is 36.7 Å². The van der Waals surface area contributed by atoms with Gasteiger partial charge in [0.1, 0.15) is 6.10 Å². The first-order valence-electron chi connectivity index (χ1n) is 15.2. The van der Waals surface area contributed by atoms with Crippen LogP contribution in [-0.2, 0) is 28.4 Å². The lowest BCUT2D eigenvalue weighted by Gasteiger charge is -2.28. The summed E-state index contributed by atoms with van der Waals surface area (Å²) in [6, 6.07) is 2.01. The van der Waals surface area contributed by atoms with E-state index in [0.29, 0.717) is 66.8 Å². The molecule has 17 heteroatoms. The number of ether oxygens (including phenoxy) is 3. The summed E-state index contributed by atoms with van der Waals surface area (Å²) in [5, 5.41) is 7.21. The molecule has 1 aromatic carbocycles. The monoisotopic (exact) mass is 691 g/mol. The number of methoxy groups -OCH3 is 1. The van der Waals surface area contributed by atoms with Crippen LogP contribution in [0.25, 0.3) is 22.3 Å². The Labute approximate surface area is 276 Å². The quantitative estimate of drug-likeness (QED) is 0.217. The van der Waals surface area contributed by atoms with Crippen molar-refractivity contribution < 1.29 is 45.3 Å². The van der Waals surface area contributed by atoms with Gasteiger partial charge >= 0.3 is 18.4 Å². The van der Waals surface area contributed by atoms with Gasteiger partial charge in [-0.15, -0.1) is 0 Å². The smallest absolute Gasteiger partial charge is 0.416 e. The number of nitrogens with zero attached hydrogens (tertiary/aromatic N) is 6. The van der Waals surface area contributed by atoms with Crippen molar-refractivity contribution in [3.05, 3.63) is 70.4 Å². The van der Waals surface area contributed by atoms with Crippen molar-refractivity contribution in [3.8, 4) is 28.1 Å². The predicted molar refractivity (Wildman–Crippen MR) is 163 cm³/mol. The standard InChI is InChI=1S/C32H31F6N7O4/c1-16-26(17(2)43-42-16)20-11-23(28(47-4)39-13-20)24-14-40-29(44-5-7-48-8-6-44)41-25(24)15-45-18(3)27(49-30(45)46)19-9-21(31(33,34)35)12-22(10-19)32(36,37)38/h9-14,18,27H,5-8,15H2,1-4H3,(H,42,43)/t18-,27-/m0/s1. The molecule has 0 radical (unpaired) electrons. The van der Waals surface area contributed by atoms with Crippen molar-refractivity contribution in [1.29, 1.82) is 0 Å². The number of alkyl halides is 6. The van der Waals surface area contributed by atoms with E-state index in [4.69, 9.17) is 19.2 Å². The number of carbonyl (C=O) groups is 1. The number of nitrogens with one attached hydrogen (secondary N) is 1. The summed E-state index contributed by atoms with van der Waals surface area (Å²) < 4.78 is 98.4. The third-order valence-electron chi connectivity index (χ3n) is 8.55. The number of halogens is 6. The van der Waals surface area contributed by atoms with Crippen molar-refractivity contribution >= 4 is 12.0 Å². The molecule has 0 spiro atoms. The zero-order valence-electron chi connectivity index (χ0n) is 26.7. The molecule has 11 nitrogen and oxygen atoms in total. The summed E-state index contributed by atoms with van der Waals surface area (Å²) in [6.45, 7) is 6.85. The van der Waals surface area contributed by atoms with Crippen molar-refractivity contribution in [1.82, 2.24) is 30.0 Å². The first-order valence-corrected chi connectivity index (χ1v) is 15.2. The third kappa shape index (κ3) is 6.71. The van der Waals surface area contributed by atoms with Crippen LogP contribution in [-0.4, -0.2) is 75.6 Å². The van der Waals surface area contributed by atoms with E-state index in [1.54, 1.807) is 12.4 Å². The van der Waals surface area contributed by atoms with Gasteiger partial charge in [0.05, 0.1) is 55.4 Å². The summed E-state index contributed by atoms with van der Waals surface area (Å²) in [6.07, 6.45) is -9.32. The number of hydrogen-bond acceptors (Lipinski definition) is 9. The number of carbonyl (C=O) groups excluding carboxylic acids is 1. The minimum Gasteiger partial charge on any atom is -0.481 e. The number of H-pyrrole nitrogens is 1. The second-order valence-corrected chi connectivity index (χ2v) is 11.7. The van der Waals surface area contributed by atoms with Crippen molar-refractivity contribution in [2.45, 2.75) is 51.8 Å². The number of benzene rings is 1. The Morgan fingerprint density at radius 2 is 1.63 bits per heavy atom. The number of hydrogen-bond donors (Lipinski definition) is 1. The van der Waals surface area contributed by atoms with E-state index < -0.39 is 47.3 Å². The van der Waals surface area contributed by atoms with Gasteiger partial charge in [-0.2, -0.15) is 31.4 Å². The van der Waals surface area contributed by atoms with Crippen LogP contribution < -0.4 is 9.64 Å². The van der Waals surface area contributed by atoms with Crippen LogP contribution in [0.3, 0.4) is 0 Å². The maximum Gasteiger partial charge on any atom is 0.416 e. The maximum absolute atomic E-state index is 13.7.